The van der Waals surface area contributed by atoms with Crippen molar-refractivity contribution in [3.05, 3.63) is 47.7 Å². The maximum atomic E-state index is 11.2. The van der Waals surface area contributed by atoms with E-state index < -0.39 is 19.2 Å². The maximum absolute atomic E-state index is 11.2. The fourth-order valence-corrected chi connectivity index (χ4v) is 5.91. The number of nitrogens with zero attached hydrogens (tertiary/aromatic N) is 1. The van der Waals surface area contributed by atoms with Crippen molar-refractivity contribution in [3.63, 3.8) is 0 Å². The molecule has 21 heavy (non-hydrogen) atoms. The molecule has 0 aliphatic rings. The third kappa shape index (κ3) is 3.51. The predicted molar refractivity (Wildman–Crippen MR) is 85.4 cm³/mol. The van der Waals surface area contributed by atoms with Crippen molar-refractivity contribution in [2.24, 2.45) is 0 Å². The molecule has 0 amide bonds. The molecular formula is C16H19GeNO3. The molecule has 0 saturated heterocycles. The molecule has 0 atom stereocenters. The van der Waals surface area contributed by atoms with E-state index in [2.05, 4.69) is 40.1 Å². The second-order valence-electron chi connectivity index (χ2n) is 6.09. The molecule has 0 aliphatic carbocycles. The number of hydrogen-bond acceptors (Lipinski definition) is 4. The van der Waals surface area contributed by atoms with Gasteiger partial charge in [-0.2, -0.15) is 0 Å². The Hall–Kier alpha value is -1.66. The van der Waals surface area contributed by atoms with Gasteiger partial charge < -0.3 is 0 Å². The Morgan fingerprint density at radius 3 is 2.29 bits per heavy atom. The Morgan fingerprint density at radius 1 is 1.19 bits per heavy atom. The van der Waals surface area contributed by atoms with Gasteiger partial charge in [0.25, 0.3) is 0 Å². The van der Waals surface area contributed by atoms with Crippen LogP contribution in [0.5, 0.6) is 0 Å². The van der Waals surface area contributed by atoms with Crippen LogP contribution in [-0.2, 0) is 4.89 Å². The molecule has 1 aromatic carbocycles. The third-order valence-corrected chi connectivity index (χ3v) is 7.91. The van der Waals surface area contributed by atoms with Crippen molar-refractivity contribution in [3.8, 4) is 11.3 Å². The molecule has 0 fully saturated rings. The van der Waals surface area contributed by atoms with Crippen molar-refractivity contribution >= 4 is 23.6 Å². The zero-order chi connectivity index (χ0) is 15.6. The topological polar surface area (TPSA) is 59.4 Å². The van der Waals surface area contributed by atoms with Crippen molar-refractivity contribution in [2.45, 2.75) is 24.2 Å². The van der Waals surface area contributed by atoms with Crippen LogP contribution < -0.4 is 4.40 Å². The van der Waals surface area contributed by atoms with Gasteiger partial charge in [-0.3, -0.25) is 0 Å². The first-order valence-electron chi connectivity index (χ1n) is 6.76. The second-order valence-corrected chi connectivity index (χ2v) is 16.7. The molecule has 1 N–H and O–H groups in total. The zero-order valence-electron chi connectivity index (χ0n) is 12.7. The van der Waals surface area contributed by atoms with Gasteiger partial charge in [0.1, 0.15) is 0 Å². The number of rotatable bonds is 3. The summed E-state index contributed by atoms with van der Waals surface area (Å²) in [5.41, 5.74) is 3.39. The number of aryl methyl sites for hydroxylation is 1. The first-order chi connectivity index (χ1) is 9.82. The average molecular weight is 346 g/mol. The molecule has 1 heterocycles. The molecule has 0 bridgehead atoms. The summed E-state index contributed by atoms with van der Waals surface area (Å²) in [6.45, 7) is 2.12. The number of carbonyl (C=O) groups excluding carboxylic acids is 1. The summed E-state index contributed by atoms with van der Waals surface area (Å²) in [6, 6.07) is 8.91. The quantitative estimate of drug-likeness (QED) is 0.527. The van der Waals surface area contributed by atoms with Gasteiger partial charge in [-0.25, -0.2) is 0 Å². The first-order valence-corrected chi connectivity index (χ1v) is 14.1. The summed E-state index contributed by atoms with van der Waals surface area (Å²) in [6.07, 6.45) is 1.99. The summed E-state index contributed by atoms with van der Waals surface area (Å²) < 4.78 is 1.40. The van der Waals surface area contributed by atoms with Crippen molar-refractivity contribution in [2.75, 3.05) is 0 Å². The molecule has 0 unspecified atom stereocenters. The molecule has 4 nitrogen and oxygen atoms in total. The van der Waals surface area contributed by atoms with Gasteiger partial charge in [-0.1, -0.05) is 0 Å². The van der Waals surface area contributed by atoms with E-state index in [1.807, 2.05) is 6.20 Å². The van der Waals surface area contributed by atoms with Crippen molar-refractivity contribution in [1.82, 2.24) is 4.98 Å². The summed E-state index contributed by atoms with van der Waals surface area (Å²) >= 11 is -1.89. The number of benzene rings is 1. The van der Waals surface area contributed by atoms with E-state index >= 15 is 0 Å². The summed E-state index contributed by atoms with van der Waals surface area (Å²) in [5, 5.41) is 8.36. The monoisotopic (exact) mass is 347 g/mol. The van der Waals surface area contributed by atoms with Crippen molar-refractivity contribution in [1.29, 1.82) is 0 Å². The van der Waals surface area contributed by atoms with Crippen LogP contribution in [0.2, 0.25) is 17.3 Å². The van der Waals surface area contributed by atoms with Gasteiger partial charge in [0.2, 0.25) is 0 Å². The Morgan fingerprint density at radius 2 is 1.81 bits per heavy atom. The van der Waals surface area contributed by atoms with Gasteiger partial charge in [0, 0.05) is 0 Å². The molecule has 0 saturated carbocycles. The number of pyridine rings is 1. The normalized spacial score (nSPS) is 11.3. The van der Waals surface area contributed by atoms with Gasteiger partial charge >= 0.3 is 127 Å². The van der Waals surface area contributed by atoms with E-state index in [1.54, 1.807) is 24.3 Å². The standard InChI is InChI=1S/C16H19GeNO3/c1-11-9-15(18-10-14(11)17(2,3)4)12-5-7-13(8-6-12)16(19)21-20/h5-10,20H,1-4H3. The summed E-state index contributed by atoms with van der Waals surface area (Å²) in [4.78, 5) is 19.4. The third-order valence-electron chi connectivity index (χ3n) is 3.42. The Kier molecular flexibility index (Phi) is 4.49. The van der Waals surface area contributed by atoms with Crippen LogP contribution in [0.15, 0.2) is 36.5 Å². The van der Waals surface area contributed by atoms with E-state index in [0.717, 1.165) is 11.3 Å². The van der Waals surface area contributed by atoms with E-state index in [-0.39, 0.29) is 0 Å². The van der Waals surface area contributed by atoms with Crippen LogP contribution in [0.4, 0.5) is 0 Å². The van der Waals surface area contributed by atoms with Crippen LogP contribution in [0, 0.1) is 6.92 Å². The van der Waals surface area contributed by atoms with Crippen LogP contribution >= 0.6 is 0 Å². The zero-order valence-corrected chi connectivity index (χ0v) is 14.8. The Labute approximate surface area is 127 Å². The molecule has 5 heteroatoms. The summed E-state index contributed by atoms with van der Waals surface area (Å²) in [7, 11) is 0. The van der Waals surface area contributed by atoms with Crippen LogP contribution in [0.3, 0.4) is 0 Å². The van der Waals surface area contributed by atoms with Crippen molar-refractivity contribution < 1.29 is 14.9 Å². The fourth-order valence-electron chi connectivity index (χ4n) is 2.33. The summed E-state index contributed by atoms with van der Waals surface area (Å²) in [5.74, 6) is 6.28. The van der Waals surface area contributed by atoms with Gasteiger partial charge in [-0.15, -0.1) is 0 Å². The second kappa shape index (κ2) is 5.99. The van der Waals surface area contributed by atoms with Gasteiger partial charge in [0.15, 0.2) is 0 Å². The molecule has 110 valence electrons. The Balaban J connectivity index is 2.35. The van der Waals surface area contributed by atoms with Crippen LogP contribution in [-0.4, -0.2) is 29.5 Å². The molecule has 2 aromatic rings. The van der Waals surface area contributed by atoms with E-state index in [9.17, 15) is 4.79 Å². The molecule has 0 spiro atoms. The molecule has 0 radical (unpaired) electrons. The SMILES string of the molecule is Cc1cc(-c2ccc(C(=O)OO)cc2)nc[c]1[Ge]([CH3])([CH3])[CH3]. The van der Waals surface area contributed by atoms with E-state index in [0.29, 0.717) is 5.56 Å². The molecule has 1 aromatic heterocycles. The number of carbonyl (C=O) groups is 1. The average Bonchev–Trinajstić information content (AvgIpc) is 2.45. The Bertz CT molecular complexity index is 660. The predicted octanol–water partition coefficient (Wildman–Crippen LogP) is 3.23. The van der Waals surface area contributed by atoms with E-state index in [4.69, 9.17) is 5.26 Å². The van der Waals surface area contributed by atoms with Crippen LogP contribution in [0.25, 0.3) is 11.3 Å². The first kappa shape index (κ1) is 15.7. The molecular weight excluding hydrogens is 327 g/mol. The minimum atomic E-state index is -1.89. The van der Waals surface area contributed by atoms with Gasteiger partial charge in [0.05, 0.1) is 0 Å². The van der Waals surface area contributed by atoms with E-state index in [1.165, 1.54) is 9.96 Å². The molecule has 2 rings (SSSR count). The minimum absolute atomic E-state index is 0.305. The number of aromatic nitrogens is 1. The fraction of sp³-hybridized carbons (Fsp3) is 0.250. The number of hydrogen-bond donors (Lipinski definition) is 1. The van der Waals surface area contributed by atoms with Gasteiger partial charge in [-0.05, 0) is 0 Å². The van der Waals surface area contributed by atoms with Crippen LogP contribution in [0.1, 0.15) is 15.9 Å². The molecule has 0 aliphatic heterocycles.